The van der Waals surface area contributed by atoms with E-state index in [1.54, 1.807) is 12.3 Å². The second kappa shape index (κ2) is 6.21. The van der Waals surface area contributed by atoms with Gasteiger partial charge >= 0.3 is 0 Å². The number of aryl methyl sites for hydroxylation is 1. The molecule has 0 aliphatic heterocycles. The Morgan fingerprint density at radius 2 is 2.00 bits per heavy atom. The number of carbonyl (C=O) groups is 1. The molecule has 0 saturated heterocycles. The van der Waals surface area contributed by atoms with Gasteiger partial charge < -0.3 is 5.32 Å². The normalized spacial score (nSPS) is 10.1. The van der Waals surface area contributed by atoms with E-state index in [0.29, 0.717) is 11.6 Å². The van der Waals surface area contributed by atoms with E-state index in [1.165, 1.54) is 17.3 Å². The molecule has 1 aromatic carbocycles. The summed E-state index contributed by atoms with van der Waals surface area (Å²) in [6.07, 6.45) is 1.66. The summed E-state index contributed by atoms with van der Waals surface area (Å²) >= 11 is 1.52. The summed E-state index contributed by atoms with van der Waals surface area (Å²) < 4.78 is 0. The Morgan fingerprint density at radius 1 is 1.22 bits per heavy atom. The maximum atomic E-state index is 11.7. The predicted octanol–water partition coefficient (Wildman–Crippen LogP) is 3.12. The number of pyridine rings is 1. The Balaban J connectivity index is 1.83. The molecule has 2 rings (SSSR count). The number of thioether (sulfide) groups is 1. The number of nitrogens with one attached hydrogen (secondary N) is 1. The molecule has 1 N–H and O–H groups in total. The van der Waals surface area contributed by atoms with Gasteiger partial charge in [-0.15, -0.1) is 11.8 Å². The number of hydrogen-bond acceptors (Lipinski definition) is 3. The first kappa shape index (κ1) is 12.6. The lowest BCUT2D eigenvalue weighted by atomic mass is 10.2. The van der Waals surface area contributed by atoms with E-state index in [4.69, 9.17) is 0 Å². The van der Waals surface area contributed by atoms with Crippen molar-refractivity contribution in [2.24, 2.45) is 0 Å². The van der Waals surface area contributed by atoms with Crippen molar-refractivity contribution in [3.63, 3.8) is 0 Å². The van der Waals surface area contributed by atoms with E-state index in [-0.39, 0.29) is 5.91 Å². The first-order chi connectivity index (χ1) is 8.74. The highest BCUT2D eigenvalue weighted by Crippen LogP contribution is 2.18. The molecule has 92 valence electrons. The second-order valence-corrected chi connectivity index (χ2v) is 4.91. The minimum Gasteiger partial charge on any atom is -0.310 e. The van der Waals surface area contributed by atoms with Gasteiger partial charge in [-0.05, 0) is 31.2 Å². The lowest BCUT2D eigenvalue weighted by Crippen LogP contribution is -2.14. The molecule has 1 amide bonds. The zero-order valence-corrected chi connectivity index (χ0v) is 10.9. The van der Waals surface area contributed by atoms with Crippen LogP contribution in [0.5, 0.6) is 0 Å². The fourth-order valence-electron chi connectivity index (χ4n) is 1.40. The number of hydrogen-bond donors (Lipinski definition) is 1. The van der Waals surface area contributed by atoms with Gasteiger partial charge in [-0.2, -0.15) is 0 Å². The Kier molecular flexibility index (Phi) is 4.36. The van der Waals surface area contributed by atoms with Crippen LogP contribution in [0, 0.1) is 6.92 Å². The average Bonchev–Trinajstić information content (AvgIpc) is 2.39. The molecule has 1 heterocycles. The van der Waals surface area contributed by atoms with Crippen molar-refractivity contribution < 1.29 is 4.79 Å². The molecule has 0 aliphatic carbocycles. The Labute approximate surface area is 111 Å². The van der Waals surface area contributed by atoms with Gasteiger partial charge in [0.2, 0.25) is 5.91 Å². The van der Waals surface area contributed by atoms with E-state index < -0.39 is 0 Å². The van der Waals surface area contributed by atoms with E-state index in [9.17, 15) is 4.79 Å². The molecule has 0 unspecified atom stereocenters. The smallest absolute Gasteiger partial charge is 0.235 e. The summed E-state index contributed by atoms with van der Waals surface area (Å²) in [6, 6.07) is 13.6. The fourth-order valence-corrected chi connectivity index (χ4v) is 2.10. The van der Waals surface area contributed by atoms with Crippen LogP contribution in [0.4, 0.5) is 5.82 Å². The van der Waals surface area contributed by atoms with Gasteiger partial charge in [0.15, 0.2) is 0 Å². The quantitative estimate of drug-likeness (QED) is 0.857. The summed E-state index contributed by atoms with van der Waals surface area (Å²) in [5.74, 6) is 0.936. The molecule has 0 saturated carbocycles. The Hall–Kier alpha value is -1.81. The molecule has 0 atom stereocenters. The second-order valence-electron chi connectivity index (χ2n) is 3.86. The van der Waals surface area contributed by atoms with Crippen molar-refractivity contribution in [1.29, 1.82) is 0 Å². The molecule has 4 heteroatoms. The van der Waals surface area contributed by atoms with Gasteiger partial charge in [0.25, 0.3) is 0 Å². The van der Waals surface area contributed by atoms with Crippen molar-refractivity contribution in [3.8, 4) is 0 Å². The molecule has 3 nitrogen and oxygen atoms in total. The summed E-state index contributed by atoms with van der Waals surface area (Å²) in [5.41, 5.74) is 1.22. The molecule has 2 aromatic rings. The molecule has 0 fully saturated rings. The van der Waals surface area contributed by atoms with Crippen LogP contribution in [-0.2, 0) is 4.79 Å². The average molecular weight is 258 g/mol. The number of amides is 1. The topological polar surface area (TPSA) is 42.0 Å². The van der Waals surface area contributed by atoms with Crippen LogP contribution in [0.15, 0.2) is 53.6 Å². The number of anilines is 1. The molecule has 0 spiro atoms. The van der Waals surface area contributed by atoms with E-state index in [0.717, 1.165) is 4.90 Å². The fraction of sp³-hybridized carbons (Fsp3) is 0.143. The zero-order chi connectivity index (χ0) is 12.8. The van der Waals surface area contributed by atoms with Crippen molar-refractivity contribution in [2.75, 3.05) is 11.1 Å². The Bertz CT molecular complexity index is 511. The van der Waals surface area contributed by atoms with Crippen LogP contribution in [0.25, 0.3) is 0 Å². The van der Waals surface area contributed by atoms with Gasteiger partial charge in [-0.25, -0.2) is 4.98 Å². The highest BCUT2D eigenvalue weighted by atomic mass is 32.2. The third-order valence-corrected chi connectivity index (χ3v) is 3.34. The van der Waals surface area contributed by atoms with Crippen molar-refractivity contribution in [3.05, 3.63) is 54.2 Å². The maximum absolute atomic E-state index is 11.7. The summed E-state index contributed by atoms with van der Waals surface area (Å²) in [5, 5.41) is 2.75. The van der Waals surface area contributed by atoms with Crippen molar-refractivity contribution >= 4 is 23.5 Å². The van der Waals surface area contributed by atoms with Crippen LogP contribution < -0.4 is 5.32 Å². The van der Waals surface area contributed by atoms with Crippen LogP contribution in [0.1, 0.15) is 5.56 Å². The van der Waals surface area contributed by atoms with Gasteiger partial charge in [0, 0.05) is 11.1 Å². The molecular weight excluding hydrogens is 244 g/mol. The molecule has 0 aliphatic rings. The van der Waals surface area contributed by atoms with Crippen molar-refractivity contribution in [2.45, 2.75) is 11.8 Å². The minimum atomic E-state index is -0.0423. The molecular formula is C14H14N2OS. The van der Waals surface area contributed by atoms with Gasteiger partial charge in [-0.1, -0.05) is 23.8 Å². The van der Waals surface area contributed by atoms with Crippen LogP contribution in [0.2, 0.25) is 0 Å². The van der Waals surface area contributed by atoms with E-state index in [2.05, 4.69) is 10.3 Å². The standard InChI is InChI=1S/C14H14N2OS/c1-11-5-7-12(8-6-11)18-10-14(17)16-13-4-2-3-9-15-13/h2-9H,10H2,1H3,(H,15,16,17). The first-order valence-corrected chi connectivity index (χ1v) is 6.63. The molecule has 0 bridgehead atoms. The number of aromatic nitrogens is 1. The van der Waals surface area contributed by atoms with Gasteiger partial charge in [0.1, 0.15) is 5.82 Å². The molecule has 18 heavy (non-hydrogen) atoms. The minimum absolute atomic E-state index is 0.0423. The zero-order valence-electron chi connectivity index (χ0n) is 10.1. The van der Waals surface area contributed by atoms with E-state index >= 15 is 0 Å². The number of benzene rings is 1. The molecule has 0 radical (unpaired) electrons. The largest absolute Gasteiger partial charge is 0.310 e. The number of rotatable bonds is 4. The third-order valence-electron chi connectivity index (χ3n) is 2.32. The van der Waals surface area contributed by atoms with Gasteiger partial charge in [0.05, 0.1) is 5.75 Å². The van der Waals surface area contributed by atoms with Gasteiger partial charge in [-0.3, -0.25) is 4.79 Å². The predicted molar refractivity (Wildman–Crippen MR) is 74.8 cm³/mol. The lowest BCUT2D eigenvalue weighted by Gasteiger charge is -2.04. The lowest BCUT2D eigenvalue weighted by molar-refractivity contribution is -0.113. The van der Waals surface area contributed by atoms with Crippen LogP contribution in [-0.4, -0.2) is 16.6 Å². The Morgan fingerprint density at radius 3 is 2.67 bits per heavy atom. The summed E-state index contributed by atoms with van der Waals surface area (Å²) in [6.45, 7) is 2.04. The SMILES string of the molecule is Cc1ccc(SCC(=O)Nc2ccccn2)cc1. The summed E-state index contributed by atoms with van der Waals surface area (Å²) in [7, 11) is 0. The van der Waals surface area contributed by atoms with E-state index in [1.807, 2.05) is 43.3 Å². The first-order valence-electron chi connectivity index (χ1n) is 5.64. The number of carbonyl (C=O) groups excluding carboxylic acids is 1. The van der Waals surface area contributed by atoms with Crippen LogP contribution >= 0.6 is 11.8 Å². The highest BCUT2D eigenvalue weighted by molar-refractivity contribution is 8.00. The third kappa shape index (κ3) is 3.89. The monoisotopic (exact) mass is 258 g/mol. The highest BCUT2D eigenvalue weighted by Gasteiger charge is 2.03. The number of nitrogens with zero attached hydrogens (tertiary/aromatic N) is 1. The van der Waals surface area contributed by atoms with Crippen LogP contribution in [0.3, 0.4) is 0 Å². The molecule has 1 aromatic heterocycles. The summed E-state index contributed by atoms with van der Waals surface area (Å²) in [4.78, 5) is 16.8. The maximum Gasteiger partial charge on any atom is 0.235 e. The van der Waals surface area contributed by atoms with Crippen molar-refractivity contribution in [1.82, 2.24) is 4.98 Å².